The van der Waals surface area contributed by atoms with Crippen LogP contribution in [-0.4, -0.2) is 22.1 Å². The Bertz CT molecular complexity index is 565. The van der Waals surface area contributed by atoms with Crippen LogP contribution in [0.4, 0.5) is 0 Å². The highest BCUT2D eigenvalue weighted by molar-refractivity contribution is 5.76. The zero-order valence-electron chi connectivity index (χ0n) is 11.9. The molecule has 2 heterocycles. The molecule has 0 bridgehead atoms. The summed E-state index contributed by atoms with van der Waals surface area (Å²) in [6, 6.07) is 7.41. The van der Waals surface area contributed by atoms with E-state index in [2.05, 4.69) is 42.1 Å². The normalized spacial score (nSPS) is 20.0. The van der Waals surface area contributed by atoms with Crippen LogP contribution in [0.1, 0.15) is 37.6 Å². The Morgan fingerprint density at radius 3 is 3.00 bits per heavy atom. The van der Waals surface area contributed by atoms with E-state index in [1.807, 2.05) is 0 Å². The average Bonchev–Trinajstić information content (AvgIpc) is 2.76. The fourth-order valence-electron chi connectivity index (χ4n) is 3.12. The molecule has 1 aromatic carbocycles. The van der Waals surface area contributed by atoms with Gasteiger partial charge in [0, 0.05) is 19.5 Å². The van der Waals surface area contributed by atoms with E-state index in [-0.39, 0.29) is 0 Å². The van der Waals surface area contributed by atoms with Crippen LogP contribution < -0.4 is 5.32 Å². The summed E-state index contributed by atoms with van der Waals surface area (Å²) in [4.78, 5) is 4.73. The Kier molecular flexibility index (Phi) is 3.56. The summed E-state index contributed by atoms with van der Waals surface area (Å²) in [5.41, 5.74) is 3.80. The van der Waals surface area contributed by atoms with E-state index in [0.29, 0.717) is 6.04 Å². The van der Waals surface area contributed by atoms with Gasteiger partial charge in [-0.05, 0) is 43.5 Å². The quantitative estimate of drug-likeness (QED) is 0.916. The number of piperidine rings is 1. The molecule has 3 rings (SSSR count). The highest BCUT2D eigenvalue weighted by Gasteiger charge is 2.14. The zero-order chi connectivity index (χ0) is 13.2. The van der Waals surface area contributed by atoms with Gasteiger partial charge in [0.1, 0.15) is 5.82 Å². The SMILES string of the molecule is CCc1nc2cc(CC3CCCCN3)ccc2n1C. The van der Waals surface area contributed by atoms with Gasteiger partial charge >= 0.3 is 0 Å². The standard InChI is InChI=1S/C16H23N3/c1-3-16-18-14-11-12(7-8-15(14)19(16)2)10-13-6-4-5-9-17-13/h7-8,11,13,17H,3-6,9-10H2,1-2H3. The highest BCUT2D eigenvalue weighted by atomic mass is 15.1. The second kappa shape index (κ2) is 5.33. The predicted molar refractivity (Wildman–Crippen MR) is 79.4 cm³/mol. The molecule has 0 spiro atoms. The van der Waals surface area contributed by atoms with Crippen LogP contribution >= 0.6 is 0 Å². The van der Waals surface area contributed by atoms with Crippen molar-refractivity contribution in [3.8, 4) is 0 Å². The molecular formula is C16H23N3. The Morgan fingerprint density at radius 1 is 1.37 bits per heavy atom. The smallest absolute Gasteiger partial charge is 0.109 e. The number of nitrogens with one attached hydrogen (secondary N) is 1. The number of hydrogen-bond donors (Lipinski definition) is 1. The number of fused-ring (bicyclic) bond motifs is 1. The lowest BCUT2D eigenvalue weighted by Crippen LogP contribution is -2.35. The minimum atomic E-state index is 0.653. The van der Waals surface area contributed by atoms with Crippen LogP contribution in [0.3, 0.4) is 0 Å². The van der Waals surface area contributed by atoms with E-state index in [0.717, 1.165) is 18.4 Å². The van der Waals surface area contributed by atoms with Crippen molar-refractivity contribution in [2.24, 2.45) is 7.05 Å². The minimum absolute atomic E-state index is 0.653. The molecule has 1 aromatic heterocycles. The van der Waals surface area contributed by atoms with Gasteiger partial charge in [0.2, 0.25) is 0 Å². The van der Waals surface area contributed by atoms with Gasteiger partial charge in [-0.25, -0.2) is 4.98 Å². The first-order valence-electron chi connectivity index (χ1n) is 7.45. The monoisotopic (exact) mass is 257 g/mol. The molecule has 1 N–H and O–H groups in total. The van der Waals surface area contributed by atoms with Crippen molar-refractivity contribution in [2.75, 3.05) is 6.54 Å². The molecule has 0 aliphatic carbocycles. The summed E-state index contributed by atoms with van der Waals surface area (Å²) in [7, 11) is 2.11. The molecule has 1 aliphatic rings. The van der Waals surface area contributed by atoms with E-state index in [1.165, 1.54) is 42.7 Å². The van der Waals surface area contributed by atoms with Crippen LogP contribution in [0.5, 0.6) is 0 Å². The molecule has 0 amide bonds. The number of benzene rings is 1. The first-order valence-corrected chi connectivity index (χ1v) is 7.45. The molecule has 1 aliphatic heterocycles. The van der Waals surface area contributed by atoms with E-state index in [1.54, 1.807) is 0 Å². The van der Waals surface area contributed by atoms with Crippen molar-refractivity contribution in [3.63, 3.8) is 0 Å². The summed E-state index contributed by atoms with van der Waals surface area (Å²) in [6.45, 7) is 3.34. The molecular weight excluding hydrogens is 234 g/mol. The lowest BCUT2D eigenvalue weighted by Gasteiger charge is -2.23. The summed E-state index contributed by atoms with van der Waals surface area (Å²) >= 11 is 0. The Hall–Kier alpha value is -1.35. The lowest BCUT2D eigenvalue weighted by atomic mass is 9.97. The van der Waals surface area contributed by atoms with E-state index in [4.69, 9.17) is 4.98 Å². The highest BCUT2D eigenvalue weighted by Crippen LogP contribution is 2.19. The molecule has 1 atom stereocenters. The fourth-order valence-corrected chi connectivity index (χ4v) is 3.12. The minimum Gasteiger partial charge on any atom is -0.331 e. The van der Waals surface area contributed by atoms with Gasteiger partial charge in [0.15, 0.2) is 0 Å². The average molecular weight is 257 g/mol. The summed E-state index contributed by atoms with van der Waals surface area (Å²) in [6.07, 6.45) is 6.12. The fraction of sp³-hybridized carbons (Fsp3) is 0.562. The molecule has 1 saturated heterocycles. The van der Waals surface area contributed by atoms with Crippen LogP contribution in [0.25, 0.3) is 11.0 Å². The molecule has 3 heteroatoms. The summed E-state index contributed by atoms with van der Waals surface area (Å²) < 4.78 is 2.21. The number of aromatic nitrogens is 2. The van der Waals surface area contributed by atoms with Crippen molar-refractivity contribution in [3.05, 3.63) is 29.6 Å². The third-order valence-electron chi connectivity index (χ3n) is 4.25. The Morgan fingerprint density at radius 2 is 2.26 bits per heavy atom. The molecule has 0 saturated carbocycles. The Labute approximate surface area is 115 Å². The molecule has 102 valence electrons. The molecule has 3 nitrogen and oxygen atoms in total. The molecule has 2 aromatic rings. The van der Waals surface area contributed by atoms with Gasteiger partial charge in [-0.15, -0.1) is 0 Å². The van der Waals surface area contributed by atoms with Crippen LogP contribution in [-0.2, 0) is 19.9 Å². The first kappa shape index (κ1) is 12.7. The van der Waals surface area contributed by atoms with Gasteiger partial charge < -0.3 is 9.88 Å². The van der Waals surface area contributed by atoms with E-state index < -0.39 is 0 Å². The second-order valence-electron chi connectivity index (χ2n) is 5.61. The van der Waals surface area contributed by atoms with Crippen LogP contribution in [0, 0.1) is 0 Å². The number of nitrogens with zero attached hydrogens (tertiary/aromatic N) is 2. The van der Waals surface area contributed by atoms with Crippen molar-refractivity contribution in [1.82, 2.24) is 14.9 Å². The third-order valence-corrected chi connectivity index (χ3v) is 4.25. The Balaban J connectivity index is 1.84. The molecule has 0 radical (unpaired) electrons. The summed E-state index contributed by atoms with van der Waals surface area (Å²) in [5.74, 6) is 1.17. The van der Waals surface area contributed by atoms with Crippen LogP contribution in [0.2, 0.25) is 0 Å². The van der Waals surface area contributed by atoms with Crippen LogP contribution in [0.15, 0.2) is 18.2 Å². The van der Waals surface area contributed by atoms with Crippen molar-refractivity contribution >= 4 is 11.0 Å². The number of imidazole rings is 1. The second-order valence-corrected chi connectivity index (χ2v) is 5.61. The van der Waals surface area contributed by atoms with Gasteiger partial charge in [0.25, 0.3) is 0 Å². The summed E-state index contributed by atoms with van der Waals surface area (Å²) in [5, 5.41) is 3.62. The first-order chi connectivity index (χ1) is 9.28. The van der Waals surface area contributed by atoms with Crippen molar-refractivity contribution in [1.29, 1.82) is 0 Å². The van der Waals surface area contributed by atoms with Crippen molar-refractivity contribution < 1.29 is 0 Å². The van der Waals surface area contributed by atoms with Gasteiger partial charge in [0.05, 0.1) is 11.0 Å². The van der Waals surface area contributed by atoms with Gasteiger partial charge in [-0.2, -0.15) is 0 Å². The third kappa shape index (κ3) is 2.52. The maximum Gasteiger partial charge on any atom is 0.109 e. The zero-order valence-corrected chi connectivity index (χ0v) is 11.9. The predicted octanol–water partition coefficient (Wildman–Crippen LogP) is 2.82. The van der Waals surface area contributed by atoms with Gasteiger partial charge in [-0.1, -0.05) is 19.4 Å². The van der Waals surface area contributed by atoms with E-state index in [9.17, 15) is 0 Å². The molecule has 19 heavy (non-hydrogen) atoms. The molecule has 1 unspecified atom stereocenters. The number of aryl methyl sites for hydroxylation is 2. The van der Waals surface area contributed by atoms with E-state index >= 15 is 0 Å². The maximum atomic E-state index is 4.73. The largest absolute Gasteiger partial charge is 0.331 e. The number of rotatable bonds is 3. The lowest BCUT2D eigenvalue weighted by molar-refractivity contribution is 0.399. The number of hydrogen-bond acceptors (Lipinski definition) is 2. The maximum absolute atomic E-state index is 4.73. The topological polar surface area (TPSA) is 29.9 Å². The van der Waals surface area contributed by atoms with Gasteiger partial charge in [-0.3, -0.25) is 0 Å². The molecule has 1 fully saturated rings. The van der Waals surface area contributed by atoms with Crippen molar-refractivity contribution in [2.45, 2.75) is 45.1 Å².